The van der Waals surface area contributed by atoms with E-state index in [1.807, 2.05) is 13.8 Å². The lowest BCUT2D eigenvalue weighted by Crippen LogP contribution is -2.20. The molecule has 0 saturated carbocycles. The van der Waals surface area contributed by atoms with Gasteiger partial charge in [-0.2, -0.15) is 0 Å². The van der Waals surface area contributed by atoms with Crippen LogP contribution in [0.4, 0.5) is 11.4 Å². The van der Waals surface area contributed by atoms with E-state index in [9.17, 15) is 13.2 Å². The zero-order chi connectivity index (χ0) is 18.6. The third-order valence-electron chi connectivity index (χ3n) is 3.90. The minimum Gasteiger partial charge on any atom is -0.326 e. The van der Waals surface area contributed by atoms with Crippen LogP contribution in [0.2, 0.25) is 0 Å². The van der Waals surface area contributed by atoms with Gasteiger partial charge in [-0.15, -0.1) is 0 Å². The minimum atomic E-state index is -3.76. The summed E-state index contributed by atoms with van der Waals surface area (Å²) in [6.07, 6.45) is 0.716. The summed E-state index contributed by atoms with van der Waals surface area (Å²) in [6.45, 7) is 5.48. The standard InChI is InChI=1S/C18H21BrN2O3S/c1-4-12(2)18(22)20-16-8-5-13(3)17(11-16)25(23,24)21-15-9-6-14(19)7-10-15/h5-12,21H,4H2,1-3H3,(H,20,22). The second kappa shape index (κ2) is 8.01. The van der Waals surface area contributed by atoms with Crippen molar-refractivity contribution in [3.63, 3.8) is 0 Å². The molecule has 5 nitrogen and oxygen atoms in total. The van der Waals surface area contributed by atoms with Crippen molar-refractivity contribution < 1.29 is 13.2 Å². The molecule has 0 aliphatic rings. The van der Waals surface area contributed by atoms with Crippen LogP contribution in [0.5, 0.6) is 0 Å². The van der Waals surface area contributed by atoms with Gasteiger partial charge in [-0.25, -0.2) is 8.42 Å². The van der Waals surface area contributed by atoms with Crippen LogP contribution >= 0.6 is 15.9 Å². The van der Waals surface area contributed by atoms with E-state index < -0.39 is 10.0 Å². The highest BCUT2D eigenvalue weighted by Gasteiger charge is 2.19. The van der Waals surface area contributed by atoms with Gasteiger partial charge in [0.15, 0.2) is 0 Å². The van der Waals surface area contributed by atoms with Crippen LogP contribution in [0.1, 0.15) is 25.8 Å². The maximum atomic E-state index is 12.7. The molecule has 25 heavy (non-hydrogen) atoms. The zero-order valence-electron chi connectivity index (χ0n) is 14.3. The van der Waals surface area contributed by atoms with Crippen molar-refractivity contribution >= 4 is 43.2 Å². The zero-order valence-corrected chi connectivity index (χ0v) is 16.7. The SMILES string of the molecule is CCC(C)C(=O)Nc1ccc(C)c(S(=O)(=O)Nc2ccc(Br)cc2)c1. The molecule has 0 aliphatic heterocycles. The highest BCUT2D eigenvalue weighted by molar-refractivity contribution is 9.10. The molecule has 0 saturated heterocycles. The number of nitrogens with one attached hydrogen (secondary N) is 2. The van der Waals surface area contributed by atoms with E-state index >= 15 is 0 Å². The number of sulfonamides is 1. The number of halogens is 1. The molecule has 7 heteroatoms. The van der Waals surface area contributed by atoms with Crippen LogP contribution in [0.25, 0.3) is 0 Å². The Morgan fingerprint density at radius 2 is 1.72 bits per heavy atom. The molecule has 2 aromatic rings. The number of hydrogen-bond donors (Lipinski definition) is 2. The highest BCUT2D eigenvalue weighted by Crippen LogP contribution is 2.24. The Hall–Kier alpha value is -1.86. The Bertz CT molecular complexity index is 864. The van der Waals surface area contributed by atoms with Gasteiger partial charge in [0.05, 0.1) is 4.90 Å². The molecule has 134 valence electrons. The first kappa shape index (κ1) is 19.5. The van der Waals surface area contributed by atoms with E-state index in [1.165, 1.54) is 6.07 Å². The fraction of sp³-hybridized carbons (Fsp3) is 0.278. The van der Waals surface area contributed by atoms with Gasteiger partial charge in [0, 0.05) is 21.8 Å². The molecule has 1 atom stereocenters. The van der Waals surface area contributed by atoms with Gasteiger partial charge >= 0.3 is 0 Å². The van der Waals surface area contributed by atoms with E-state index in [4.69, 9.17) is 0 Å². The van der Waals surface area contributed by atoms with Crippen LogP contribution < -0.4 is 10.0 Å². The number of aryl methyl sites for hydroxylation is 1. The molecule has 0 radical (unpaired) electrons. The second-order valence-electron chi connectivity index (χ2n) is 5.89. The highest BCUT2D eigenvalue weighted by atomic mass is 79.9. The Kier molecular flexibility index (Phi) is 6.24. The molecule has 0 spiro atoms. The third-order valence-corrected chi connectivity index (χ3v) is 5.95. The smallest absolute Gasteiger partial charge is 0.262 e. The molecular weight excluding hydrogens is 404 g/mol. The summed E-state index contributed by atoms with van der Waals surface area (Å²) in [5.41, 5.74) is 1.54. The van der Waals surface area contributed by atoms with Crippen molar-refractivity contribution in [3.8, 4) is 0 Å². The number of benzene rings is 2. The molecule has 2 N–H and O–H groups in total. The minimum absolute atomic E-state index is 0.129. The molecule has 2 rings (SSSR count). The molecule has 0 heterocycles. The lowest BCUT2D eigenvalue weighted by molar-refractivity contribution is -0.119. The fourth-order valence-corrected chi connectivity index (χ4v) is 3.74. The lowest BCUT2D eigenvalue weighted by atomic mass is 10.1. The maximum Gasteiger partial charge on any atom is 0.262 e. The topological polar surface area (TPSA) is 75.3 Å². The Labute approximate surface area is 157 Å². The van der Waals surface area contributed by atoms with Crippen LogP contribution in [0, 0.1) is 12.8 Å². The summed E-state index contributed by atoms with van der Waals surface area (Å²) in [4.78, 5) is 12.2. The number of hydrogen-bond acceptors (Lipinski definition) is 3. The van der Waals surface area contributed by atoms with Crippen LogP contribution in [0.3, 0.4) is 0 Å². The number of anilines is 2. The van der Waals surface area contributed by atoms with Gasteiger partial charge in [0.2, 0.25) is 5.91 Å². The first-order valence-corrected chi connectivity index (χ1v) is 10.2. The molecule has 0 fully saturated rings. The second-order valence-corrected chi connectivity index (χ2v) is 8.46. The first-order chi connectivity index (χ1) is 11.7. The number of carbonyl (C=O) groups is 1. The van der Waals surface area contributed by atoms with Crippen molar-refractivity contribution in [3.05, 3.63) is 52.5 Å². The largest absolute Gasteiger partial charge is 0.326 e. The van der Waals surface area contributed by atoms with E-state index in [0.29, 0.717) is 23.4 Å². The van der Waals surface area contributed by atoms with Crippen LogP contribution in [-0.4, -0.2) is 14.3 Å². The monoisotopic (exact) mass is 424 g/mol. The molecule has 0 aliphatic carbocycles. The summed E-state index contributed by atoms with van der Waals surface area (Å²) in [5, 5.41) is 2.77. The molecule has 0 aromatic heterocycles. The third kappa shape index (κ3) is 5.06. The van der Waals surface area contributed by atoms with E-state index in [-0.39, 0.29) is 16.7 Å². The lowest BCUT2D eigenvalue weighted by Gasteiger charge is -2.14. The summed E-state index contributed by atoms with van der Waals surface area (Å²) < 4.78 is 28.8. The van der Waals surface area contributed by atoms with Gasteiger partial charge in [0.25, 0.3) is 10.0 Å². The predicted molar refractivity (Wildman–Crippen MR) is 104 cm³/mol. The Balaban J connectivity index is 2.29. The maximum absolute atomic E-state index is 12.7. The van der Waals surface area contributed by atoms with Crippen molar-refractivity contribution in [1.82, 2.24) is 0 Å². The average Bonchev–Trinajstić information content (AvgIpc) is 2.57. The van der Waals surface area contributed by atoms with Crippen LogP contribution in [-0.2, 0) is 14.8 Å². The molecule has 1 unspecified atom stereocenters. The number of carbonyl (C=O) groups excluding carboxylic acids is 1. The van der Waals surface area contributed by atoms with E-state index in [0.717, 1.165) is 4.47 Å². The van der Waals surface area contributed by atoms with Crippen LogP contribution in [0.15, 0.2) is 51.8 Å². The quantitative estimate of drug-likeness (QED) is 0.714. The number of amides is 1. The first-order valence-electron chi connectivity index (χ1n) is 7.93. The van der Waals surface area contributed by atoms with E-state index in [1.54, 1.807) is 43.3 Å². The normalized spacial score (nSPS) is 12.5. The number of rotatable bonds is 6. The Morgan fingerprint density at radius 1 is 1.12 bits per heavy atom. The van der Waals surface area contributed by atoms with Crippen molar-refractivity contribution in [2.45, 2.75) is 32.1 Å². The summed E-state index contributed by atoms with van der Waals surface area (Å²) >= 11 is 3.31. The van der Waals surface area contributed by atoms with E-state index in [2.05, 4.69) is 26.0 Å². The fourth-order valence-electron chi connectivity index (χ4n) is 2.15. The van der Waals surface area contributed by atoms with Gasteiger partial charge in [-0.1, -0.05) is 35.8 Å². The van der Waals surface area contributed by atoms with Crippen molar-refractivity contribution in [1.29, 1.82) is 0 Å². The van der Waals surface area contributed by atoms with Gasteiger partial charge in [-0.3, -0.25) is 9.52 Å². The van der Waals surface area contributed by atoms with Gasteiger partial charge in [0.1, 0.15) is 0 Å². The molecule has 1 amide bonds. The van der Waals surface area contributed by atoms with Crippen molar-refractivity contribution in [2.24, 2.45) is 5.92 Å². The van der Waals surface area contributed by atoms with Gasteiger partial charge < -0.3 is 5.32 Å². The molecule has 0 bridgehead atoms. The summed E-state index contributed by atoms with van der Waals surface area (Å²) in [7, 11) is -3.76. The average molecular weight is 425 g/mol. The molecular formula is C18H21BrN2O3S. The molecule has 2 aromatic carbocycles. The van der Waals surface area contributed by atoms with Gasteiger partial charge in [-0.05, 0) is 55.3 Å². The summed E-state index contributed by atoms with van der Waals surface area (Å²) in [6, 6.07) is 11.7. The van der Waals surface area contributed by atoms with Crippen molar-refractivity contribution in [2.75, 3.05) is 10.0 Å². The summed E-state index contributed by atoms with van der Waals surface area (Å²) in [5.74, 6) is -0.266. The Morgan fingerprint density at radius 3 is 2.32 bits per heavy atom. The predicted octanol–water partition coefficient (Wildman–Crippen LogP) is 4.54.